The second-order valence-corrected chi connectivity index (χ2v) is 5.23. The zero-order valence-corrected chi connectivity index (χ0v) is 12.3. The number of nitrogen functional groups attached to an aromatic ring is 1. The van der Waals surface area contributed by atoms with Crippen molar-refractivity contribution in [3.8, 4) is 0 Å². The average molecular weight is 337 g/mol. The lowest BCUT2D eigenvalue weighted by molar-refractivity contribution is -0.116. The number of halogens is 2. The number of nitrogens with two attached hydrogens (primary N) is 1. The highest BCUT2D eigenvalue weighted by Crippen LogP contribution is 2.20. The van der Waals surface area contributed by atoms with E-state index < -0.39 is 0 Å². The maximum atomic E-state index is 13.1. The van der Waals surface area contributed by atoms with Crippen LogP contribution in [0, 0.1) is 5.82 Å². The van der Waals surface area contributed by atoms with E-state index in [1.54, 1.807) is 0 Å². The van der Waals surface area contributed by atoms with Crippen LogP contribution in [0.1, 0.15) is 12.0 Å². The molecule has 3 N–H and O–H groups in total. The van der Waals surface area contributed by atoms with Gasteiger partial charge in [0.1, 0.15) is 5.82 Å². The SMILES string of the molecule is Nc1ccccc1CCC(=O)Nc1ccc(F)c(Br)c1. The molecule has 0 aliphatic rings. The van der Waals surface area contributed by atoms with Crippen LogP contribution < -0.4 is 11.1 Å². The number of hydrogen-bond donors (Lipinski definition) is 2. The molecule has 0 aliphatic carbocycles. The van der Waals surface area contributed by atoms with Crippen molar-refractivity contribution in [2.45, 2.75) is 12.8 Å². The first-order valence-electron chi connectivity index (χ1n) is 6.14. The Morgan fingerprint density at radius 1 is 1.25 bits per heavy atom. The molecule has 5 heteroatoms. The molecule has 2 aromatic carbocycles. The molecule has 104 valence electrons. The third-order valence-corrected chi connectivity index (χ3v) is 3.49. The third-order valence-electron chi connectivity index (χ3n) is 2.88. The molecule has 2 rings (SSSR count). The number of anilines is 2. The van der Waals surface area contributed by atoms with Crippen LogP contribution in [0.15, 0.2) is 46.9 Å². The number of carbonyl (C=O) groups is 1. The van der Waals surface area contributed by atoms with Crippen molar-refractivity contribution in [3.63, 3.8) is 0 Å². The zero-order chi connectivity index (χ0) is 14.5. The molecule has 0 aromatic heterocycles. The normalized spacial score (nSPS) is 10.3. The number of benzene rings is 2. The van der Waals surface area contributed by atoms with Gasteiger partial charge in [0.15, 0.2) is 0 Å². The van der Waals surface area contributed by atoms with Gasteiger partial charge in [-0.15, -0.1) is 0 Å². The van der Waals surface area contributed by atoms with Crippen molar-refractivity contribution in [1.29, 1.82) is 0 Å². The van der Waals surface area contributed by atoms with Crippen LogP contribution in [-0.4, -0.2) is 5.91 Å². The van der Waals surface area contributed by atoms with Gasteiger partial charge in [-0.3, -0.25) is 4.79 Å². The molecule has 0 aliphatic heterocycles. The number of nitrogens with one attached hydrogen (secondary N) is 1. The fourth-order valence-corrected chi connectivity index (χ4v) is 2.19. The lowest BCUT2D eigenvalue weighted by atomic mass is 10.1. The summed E-state index contributed by atoms with van der Waals surface area (Å²) in [6.45, 7) is 0. The number of para-hydroxylation sites is 1. The quantitative estimate of drug-likeness (QED) is 0.835. The van der Waals surface area contributed by atoms with E-state index in [0.29, 0.717) is 28.7 Å². The fraction of sp³-hybridized carbons (Fsp3) is 0.133. The molecular formula is C15H14BrFN2O. The minimum absolute atomic E-state index is 0.133. The van der Waals surface area contributed by atoms with E-state index in [9.17, 15) is 9.18 Å². The second kappa shape index (κ2) is 6.52. The Kier molecular flexibility index (Phi) is 4.74. The van der Waals surface area contributed by atoms with Gasteiger partial charge in [-0.05, 0) is 52.2 Å². The molecular weight excluding hydrogens is 323 g/mol. The Balaban J connectivity index is 1.93. The van der Waals surface area contributed by atoms with E-state index >= 15 is 0 Å². The summed E-state index contributed by atoms with van der Waals surface area (Å²) in [5.74, 6) is -0.494. The zero-order valence-electron chi connectivity index (χ0n) is 10.7. The van der Waals surface area contributed by atoms with Crippen molar-refractivity contribution < 1.29 is 9.18 Å². The number of carbonyl (C=O) groups excluding carboxylic acids is 1. The molecule has 0 fully saturated rings. The van der Waals surface area contributed by atoms with Crippen LogP contribution in [0.4, 0.5) is 15.8 Å². The van der Waals surface area contributed by atoms with E-state index in [0.717, 1.165) is 5.56 Å². The molecule has 0 radical (unpaired) electrons. The Morgan fingerprint density at radius 3 is 2.70 bits per heavy atom. The van der Waals surface area contributed by atoms with Gasteiger partial charge < -0.3 is 11.1 Å². The highest BCUT2D eigenvalue weighted by Gasteiger charge is 2.06. The van der Waals surface area contributed by atoms with Crippen LogP contribution in [0.2, 0.25) is 0 Å². The Morgan fingerprint density at radius 2 is 2.00 bits per heavy atom. The summed E-state index contributed by atoms with van der Waals surface area (Å²) in [5.41, 5.74) is 8.01. The Hall–Kier alpha value is -1.88. The summed E-state index contributed by atoms with van der Waals surface area (Å²) in [6.07, 6.45) is 0.893. The Bertz CT molecular complexity index is 631. The first-order valence-corrected chi connectivity index (χ1v) is 6.94. The van der Waals surface area contributed by atoms with Crippen LogP contribution in [0.5, 0.6) is 0 Å². The number of aryl methyl sites for hydroxylation is 1. The van der Waals surface area contributed by atoms with Gasteiger partial charge in [0, 0.05) is 17.8 Å². The summed E-state index contributed by atoms with van der Waals surface area (Å²) in [6, 6.07) is 11.8. The lowest BCUT2D eigenvalue weighted by Crippen LogP contribution is -2.12. The van der Waals surface area contributed by atoms with E-state index in [2.05, 4.69) is 21.2 Å². The summed E-state index contributed by atoms with van der Waals surface area (Å²) >= 11 is 3.08. The lowest BCUT2D eigenvalue weighted by Gasteiger charge is -2.07. The molecule has 0 spiro atoms. The molecule has 1 amide bonds. The maximum absolute atomic E-state index is 13.1. The van der Waals surface area contributed by atoms with E-state index in [-0.39, 0.29) is 11.7 Å². The molecule has 3 nitrogen and oxygen atoms in total. The molecule has 0 bridgehead atoms. The largest absolute Gasteiger partial charge is 0.399 e. The first kappa shape index (κ1) is 14.5. The van der Waals surface area contributed by atoms with Crippen LogP contribution in [0.25, 0.3) is 0 Å². The standard InChI is InChI=1S/C15H14BrFN2O/c16-12-9-11(6-7-13(12)17)19-15(20)8-5-10-3-1-2-4-14(10)18/h1-4,6-7,9H,5,8,18H2,(H,19,20). The van der Waals surface area contributed by atoms with Crippen molar-refractivity contribution in [1.82, 2.24) is 0 Å². The van der Waals surface area contributed by atoms with E-state index in [1.807, 2.05) is 24.3 Å². The van der Waals surface area contributed by atoms with Gasteiger partial charge in [-0.2, -0.15) is 0 Å². The van der Waals surface area contributed by atoms with Gasteiger partial charge in [-0.1, -0.05) is 18.2 Å². The molecule has 0 saturated carbocycles. The van der Waals surface area contributed by atoms with Crippen molar-refractivity contribution in [2.24, 2.45) is 0 Å². The topological polar surface area (TPSA) is 55.1 Å². The number of hydrogen-bond acceptors (Lipinski definition) is 2. The summed E-state index contributed by atoms with van der Waals surface area (Å²) < 4.78 is 13.4. The summed E-state index contributed by atoms with van der Waals surface area (Å²) in [7, 11) is 0. The first-order chi connectivity index (χ1) is 9.56. The second-order valence-electron chi connectivity index (χ2n) is 4.38. The third kappa shape index (κ3) is 3.81. The van der Waals surface area contributed by atoms with Crippen LogP contribution in [0.3, 0.4) is 0 Å². The highest BCUT2D eigenvalue weighted by molar-refractivity contribution is 9.10. The molecule has 20 heavy (non-hydrogen) atoms. The van der Waals surface area contributed by atoms with Gasteiger partial charge in [0.2, 0.25) is 5.91 Å². The van der Waals surface area contributed by atoms with Gasteiger partial charge >= 0.3 is 0 Å². The minimum Gasteiger partial charge on any atom is -0.399 e. The molecule has 2 aromatic rings. The number of rotatable bonds is 4. The predicted molar refractivity (Wildman–Crippen MR) is 81.9 cm³/mol. The van der Waals surface area contributed by atoms with Gasteiger partial charge in [-0.25, -0.2) is 4.39 Å². The molecule has 0 heterocycles. The van der Waals surface area contributed by atoms with Gasteiger partial charge in [0.05, 0.1) is 4.47 Å². The van der Waals surface area contributed by atoms with Gasteiger partial charge in [0.25, 0.3) is 0 Å². The van der Waals surface area contributed by atoms with Crippen LogP contribution >= 0.6 is 15.9 Å². The van der Waals surface area contributed by atoms with Crippen molar-refractivity contribution >= 4 is 33.2 Å². The van der Waals surface area contributed by atoms with Crippen LogP contribution in [-0.2, 0) is 11.2 Å². The monoisotopic (exact) mass is 336 g/mol. The molecule has 0 saturated heterocycles. The summed E-state index contributed by atoms with van der Waals surface area (Å²) in [4.78, 5) is 11.8. The van der Waals surface area contributed by atoms with E-state index in [4.69, 9.17) is 5.73 Å². The van der Waals surface area contributed by atoms with Crippen molar-refractivity contribution in [3.05, 3.63) is 58.3 Å². The average Bonchev–Trinajstić information content (AvgIpc) is 2.42. The smallest absolute Gasteiger partial charge is 0.224 e. The highest BCUT2D eigenvalue weighted by atomic mass is 79.9. The predicted octanol–water partition coefficient (Wildman–Crippen LogP) is 3.74. The molecule has 0 unspecified atom stereocenters. The maximum Gasteiger partial charge on any atom is 0.224 e. The summed E-state index contributed by atoms with van der Waals surface area (Å²) in [5, 5.41) is 2.72. The number of amides is 1. The fourth-order valence-electron chi connectivity index (χ4n) is 1.81. The minimum atomic E-state index is -0.361. The van der Waals surface area contributed by atoms with Crippen molar-refractivity contribution in [2.75, 3.05) is 11.1 Å². The van der Waals surface area contributed by atoms with E-state index in [1.165, 1.54) is 18.2 Å². The Labute approximate surface area is 125 Å². The molecule has 0 atom stereocenters.